The number of benzene rings is 1. The number of ketones is 1. The molecule has 4 aromatic rings. The van der Waals surface area contributed by atoms with Gasteiger partial charge in [0.2, 0.25) is 5.91 Å². The van der Waals surface area contributed by atoms with Crippen molar-refractivity contribution in [1.82, 2.24) is 34.7 Å². The van der Waals surface area contributed by atoms with Gasteiger partial charge in [-0.3, -0.25) is 9.59 Å². The Morgan fingerprint density at radius 2 is 1.94 bits per heavy atom. The molecule has 1 atom stereocenters. The Balaban J connectivity index is 1.23. The first-order chi connectivity index (χ1) is 17.4. The van der Waals surface area contributed by atoms with Gasteiger partial charge in [0.1, 0.15) is 11.9 Å². The van der Waals surface area contributed by atoms with Crippen LogP contribution in [0.1, 0.15) is 47.2 Å². The van der Waals surface area contributed by atoms with Gasteiger partial charge in [-0.15, -0.1) is 10.2 Å². The first-order valence-electron chi connectivity index (χ1n) is 11.7. The van der Waals surface area contributed by atoms with Crippen LogP contribution < -0.4 is 5.32 Å². The highest BCUT2D eigenvalue weighted by molar-refractivity contribution is 5.93. The number of hydrogen-bond acceptors (Lipinski definition) is 7. The number of halogens is 1. The van der Waals surface area contributed by atoms with Crippen molar-refractivity contribution in [3.63, 3.8) is 0 Å². The number of carbonyl (C=O) groups is 2. The fourth-order valence-corrected chi connectivity index (χ4v) is 3.59. The summed E-state index contributed by atoms with van der Waals surface area (Å²) < 4.78 is 17.6. The molecule has 3 heterocycles. The molecule has 10 nitrogen and oxygen atoms in total. The van der Waals surface area contributed by atoms with Crippen LogP contribution in [0.5, 0.6) is 0 Å². The van der Waals surface area contributed by atoms with Gasteiger partial charge in [-0.1, -0.05) is 24.3 Å². The summed E-state index contributed by atoms with van der Waals surface area (Å²) in [5.41, 5.74) is 3.59. The summed E-state index contributed by atoms with van der Waals surface area (Å²) >= 11 is 0. The molecule has 11 heteroatoms. The van der Waals surface area contributed by atoms with Crippen LogP contribution >= 0.6 is 0 Å². The van der Waals surface area contributed by atoms with Crippen LogP contribution in [0.3, 0.4) is 0 Å². The van der Waals surface area contributed by atoms with Crippen LogP contribution in [0, 0.1) is 6.92 Å². The highest BCUT2D eigenvalue weighted by Crippen LogP contribution is 2.13. The minimum absolute atomic E-state index is 0.00516. The molecular formula is C25H27FN8O2. The van der Waals surface area contributed by atoms with Gasteiger partial charge in [0.05, 0.1) is 36.9 Å². The number of imidazole rings is 1. The number of aryl methyl sites for hydroxylation is 2. The van der Waals surface area contributed by atoms with E-state index in [9.17, 15) is 14.0 Å². The van der Waals surface area contributed by atoms with E-state index in [1.807, 2.05) is 42.0 Å². The third kappa shape index (κ3) is 6.65. The van der Waals surface area contributed by atoms with Crippen LogP contribution in [0.25, 0.3) is 5.69 Å². The van der Waals surface area contributed by atoms with E-state index >= 15 is 0 Å². The molecule has 1 N–H and O–H groups in total. The number of nitrogens with zero attached hydrogens (tertiary/aromatic N) is 7. The number of aromatic nitrogens is 7. The molecule has 3 aromatic heterocycles. The Morgan fingerprint density at radius 1 is 1.08 bits per heavy atom. The van der Waals surface area contributed by atoms with E-state index in [1.54, 1.807) is 25.4 Å². The first kappa shape index (κ1) is 24.8. The van der Waals surface area contributed by atoms with Crippen molar-refractivity contribution in [3.05, 3.63) is 77.8 Å². The molecule has 0 fully saturated rings. The summed E-state index contributed by atoms with van der Waals surface area (Å²) in [5, 5.41) is 18.4. The molecule has 186 valence electrons. The molecule has 0 saturated heterocycles. The normalized spacial score (nSPS) is 11.9. The zero-order valence-corrected chi connectivity index (χ0v) is 20.1. The zero-order valence-electron chi connectivity index (χ0n) is 20.1. The maximum Gasteiger partial charge on any atom is 0.231 e. The molecule has 0 aliphatic heterocycles. The quantitative estimate of drug-likeness (QED) is 0.320. The number of carbonyl (C=O) groups excluding carboxylic acids is 2. The third-order valence-electron chi connectivity index (χ3n) is 5.51. The third-order valence-corrected chi connectivity index (χ3v) is 5.51. The first-order valence-corrected chi connectivity index (χ1v) is 11.7. The smallest absolute Gasteiger partial charge is 0.231 e. The lowest BCUT2D eigenvalue weighted by molar-refractivity contribution is -0.115. The molecule has 0 spiro atoms. The molecule has 0 aliphatic rings. The second kappa shape index (κ2) is 11.4. The van der Waals surface area contributed by atoms with Gasteiger partial charge in [0, 0.05) is 18.3 Å². The second-order valence-corrected chi connectivity index (χ2v) is 8.48. The molecule has 36 heavy (non-hydrogen) atoms. The number of rotatable bonds is 11. The summed E-state index contributed by atoms with van der Waals surface area (Å²) in [4.78, 5) is 28.3. The number of nitrogens with one attached hydrogen (secondary N) is 1. The standard InChI is InChI=1S/C25H27FN8O2/c1-3-23(35)22-15-34(32-30-22)13-18(26)7-8-19-9-10-24(31-29-19)28-25(36)12-20-14-33(16-27-20)21-6-4-5-17(2)11-21/h4-6,9-11,14-16,18H,3,7-8,12-13H2,1-2H3,(H,28,31,36)/t18-/m1/s1. The summed E-state index contributed by atoms with van der Waals surface area (Å²) in [6.07, 6.45) is 4.77. The molecular weight excluding hydrogens is 463 g/mol. The number of alkyl halides is 1. The van der Waals surface area contributed by atoms with Gasteiger partial charge < -0.3 is 9.88 Å². The topological polar surface area (TPSA) is 120 Å². The van der Waals surface area contributed by atoms with Gasteiger partial charge in [-0.05, 0) is 49.6 Å². The Hall–Kier alpha value is -4.28. The average molecular weight is 491 g/mol. The number of anilines is 1. The molecule has 0 bridgehead atoms. The molecule has 0 aliphatic carbocycles. The number of Topliss-reactive ketones (excluding diaryl/α,β-unsaturated/α-hetero) is 1. The van der Waals surface area contributed by atoms with Crippen molar-refractivity contribution in [2.75, 3.05) is 5.32 Å². The number of hydrogen-bond donors (Lipinski definition) is 1. The van der Waals surface area contributed by atoms with Crippen molar-refractivity contribution in [2.45, 2.75) is 52.2 Å². The van der Waals surface area contributed by atoms with Gasteiger partial charge in [0.25, 0.3) is 0 Å². The second-order valence-electron chi connectivity index (χ2n) is 8.48. The van der Waals surface area contributed by atoms with Gasteiger partial charge in [-0.2, -0.15) is 5.10 Å². The Bertz CT molecular complexity index is 1330. The van der Waals surface area contributed by atoms with E-state index in [1.165, 1.54) is 10.9 Å². The van der Waals surface area contributed by atoms with E-state index < -0.39 is 6.17 Å². The van der Waals surface area contributed by atoms with Crippen molar-refractivity contribution >= 4 is 17.5 Å². The molecule has 0 radical (unpaired) electrons. The molecule has 0 unspecified atom stereocenters. The maximum absolute atomic E-state index is 14.4. The Labute approximate surface area is 207 Å². The fourth-order valence-electron chi connectivity index (χ4n) is 3.59. The largest absolute Gasteiger partial charge is 0.309 e. The summed E-state index contributed by atoms with van der Waals surface area (Å²) in [7, 11) is 0. The van der Waals surface area contributed by atoms with Crippen LogP contribution in [0.2, 0.25) is 0 Å². The molecule has 4 rings (SSSR count). The van der Waals surface area contributed by atoms with E-state index in [-0.39, 0.29) is 36.8 Å². The van der Waals surface area contributed by atoms with E-state index in [0.717, 1.165) is 11.3 Å². The lowest BCUT2D eigenvalue weighted by Crippen LogP contribution is -2.16. The number of amides is 1. The Morgan fingerprint density at radius 3 is 2.69 bits per heavy atom. The van der Waals surface area contributed by atoms with Gasteiger partial charge in [-0.25, -0.2) is 14.1 Å². The summed E-state index contributed by atoms with van der Waals surface area (Å²) in [6.45, 7) is 3.76. The summed E-state index contributed by atoms with van der Waals surface area (Å²) in [6, 6.07) is 11.3. The summed E-state index contributed by atoms with van der Waals surface area (Å²) in [5.74, 6) is -0.0745. The van der Waals surface area contributed by atoms with Gasteiger partial charge in [0.15, 0.2) is 11.6 Å². The predicted molar refractivity (Wildman–Crippen MR) is 131 cm³/mol. The SMILES string of the molecule is CCC(=O)c1cn(C[C@H](F)CCc2ccc(NC(=O)Cc3cn(-c4cccc(C)c4)cn3)nn2)nn1. The van der Waals surface area contributed by atoms with Crippen molar-refractivity contribution < 1.29 is 14.0 Å². The van der Waals surface area contributed by atoms with E-state index in [0.29, 0.717) is 30.0 Å². The Kier molecular flexibility index (Phi) is 7.89. The van der Waals surface area contributed by atoms with Crippen molar-refractivity contribution in [3.8, 4) is 5.69 Å². The van der Waals surface area contributed by atoms with Crippen LogP contribution in [0.4, 0.5) is 10.2 Å². The van der Waals surface area contributed by atoms with Crippen LogP contribution in [0.15, 0.2) is 55.1 Å². The minimum atomic E-state index is -1.18. The van der Waals surface area contributed by atoms with Crippen molar-refractivity contribution in [1.29, 1.82) is 0 Å². The zero-order chi connectivity index (χ0) is 25.5. The molecule has 1 aromatic carbocycles. The van der Waals surface area contributed by atoms with Crippen LogP contribution in [-0.2, 0) is 24.2 Å². The van der Waals surface area contributed by atoms with E-state index in [2.05, 4.69) is 30.8 Å². The molecule has 0 saturated carbocycles. The average Bonchev–Trinajstić information content (AvgIpc) is 3.53. The van der Waals surface area contributed by atoms with Crippen molar-refractivity contribution in [2.24, 2.45) is 0 Å². The fraction of sp³-hybridized carbons (Fsp3) is 0.320. The highest BCUT2D eigenvalue weighted by Gasteiger charge is 2.14. The predicted octanol–water partition coefficient (Wildman–Crippen LogP) is 3.31. The minimum Gasteiger partial charge on any atom is -0.309 e. The highest BCUT2D eigenvalue weighted by atomic mass is 19.1. The molecule has 1 amide bonds. The van der Waals surface area contributed by atoms with E-state index in [4.69, 9.17) is 0 Å². The lowest BCUT2D eigenvalue weighted by Gasteiger charge is -2.08. The monoisotopic (exact) mass is 490 g/mol. The lowest BCUT2D eigenvalue weighted by atomic mass is 10.1. The van der Waals surface area contributed by atoms with Crippen LogP contribution in [-0.4, -0.2) is 52.6 Å². The maximum atomic E-state index is 14.4. The van der Waals surface area contributed by atoms with Gasteiger partial charge >= 0.3 is 0 Å².